The molecule has 4 N–H and O–H groups in total. The number of carbonyl (C=O) groups is 2. The molecule has 1 amide bonds. The van der Waals surface area contributed by atoms with E-state index in [0.29, 0.717) is 0 Å². The minimum absolute atomic E-state index is 0. The van der Waals surface area contributed by atoms with Gasteiger partial charge in [-0.15, -0.1) is 12.4 Å². The van der Waals surface area contributed by atoms with E-state index < -0.39 is 17.9 Å². The summed E-state index contributed by atoms with van der Waals surface area (Å²) in [5.41, 5.74) is 4.76. The summed E-state index contributed by atoms with van der Waals surface area (Å²) in [5.74, 6) is -1.69. The molecule has 0 bridgehead atoms. The van der Waals surface area contributed by atoms with Crippen molar-refractivity contribution >= 4 is 24.3 Å². The van der Waals surface area contributed by atoms with E-state index in [4.69, 9.17) is 10.8 Å². The lowest BCUT2D eigenvalue weighted by Crippen LogP contribution is -2.37. The predicted molar refractivity (Wildman–Crippen MR) is 41.5 cm³/mol. The number of carboxylic acids is 1. The van der Waals surface area contributed by atoms with Crippen LogP contribution in [0.15, 0.2) is 0 Å². The van der Waals surface area contributed by atoms with Crippen molar-refractivity contribution in [1.29, 1.82) is 0 Å². The van der Waals surface area contributed by atoms with E-state index in [9.17, 15) is 9.59 Å². The molecule has 11 heavy (non-hydrogen) atoms. The summed E-state index contributed by atoms with van der Waals surface area (Å²) in [6, 6.07) is -0.863. The van der Waals surface area contributed by atoms with E-state index in [1.165, 1.54) is 7.05 Å². The average Bonchev–Trinajstić information content (AvgIpc) is 1.81. The fourth-order valence-electron chi connectivity index (χ4n) is 0.514. The second-order valence-corrected chi connectivity index (χ2v) is 1.85. The Bertz CT molecular complexity index is 151. The molecule has 0 unspecified atom stereocenters. The summed E-state index contributed by atoms with van der Waals surface area (Å²) in [4.78, 5) is 20.4. The van der Waals surface area contributed by atoms with Crippen molar-refractivity contribution in [2.24, 2.45) is 5.73 Å². The second kappa shape index (κ2) is 5.94. The van der Waals surface area contributed by atoms with Gasteiger partial charge in [-0.2, -0.15) is 0 Å². The molecule has 0 saturated heterocycles. The van der Waals surface area contributed by atoms with Gasteiger partial charge in [0.2, 0.25) is 5.91 Å². The van der Waals surface area contributed by atoms with Gasteiger partial charge in [0, 0.05) is 0 Å². The number of hydrogen-bond donors (Lipinski definition) is 3. The number of primary amides is 1. The van der Waals surface area contributed by atoms with Crippen LogP contribution in [0.4, 0.5) is 0 Å². The van der Waals surface area contributed by atoms with Gasteiger partial charge in [-0.25, -0.2) is 0 Å². The highest BCUT2D eigenvalue weighted by Gasteiger charge is 2.16. The first-order valence-electron chi connectivity index (χ1n) is 2.76. The zero-order chi connectivity index (χ0) is 8.15. The number of aliphatic carboxylic acids is 1. The van der Waals surface area contributed by atoms with Gasteiger partial charge in [0.25, 0.3) is 0 Å². The Balaban J connectivity index is 0. The molecule has 0 saturated carbocycles. The first-order valence-corrected chi connectivity index (χ1v) is 2.76. The number of halogens is 1. The molecule has 0 radical (unpaired) electrons. The fraction of sp³-hybridized carbons (Fsp3) is 0.600. The minimum atomic E-state index is -1.07. The number of likely N-dealkylation sites (N-methyl/N-ethyl adjacent to an activating group) is 1. The van der Waals surface area contributed by atoms with Crippen LogP contribution < -0.4 is 11.1 Å². The third kappa shape index (κ3) is 5.63. The maximum absolute atomic E-state index is 10.2. The SMILES string of the molecule is CN[C@@H](CC(N)=O)C(=O)O.Cl. The molecule has 0 aromatic carbocycles. The molecular weight excluding hydrogens is 172 g/mol. The molecule has 0 aromatic heterocycles. The number of carbonyl (C=O) groups excluding carboxylic acids is 1. The van der Waals surface area contributed by atoms with Crippen molar-refractivity contribution in [3.8, 4) is 0 Å². The van der Waals surface area contributed by atoms with Crippen LogP contribution in [0.1, 0.15) is 6.42 Å². The van der Waals surface area contributed by atoms with Crippen LogP contribution in [-0.2, 0) is 9.59 Å². The van der Waals surface area contributed by atoms with E-state index in [1.54, 1.807) is 0 Å². The Morgan fingerprint density at radius 1 is 1.64 bits per heavy atom. The van der Waals surface area contributed by atoms with Crippen LogP contribution >= 0.6 is 12.4 Å². The van der Waals surface area contributed by atoms with Crippen LogP contribution in [-0.4, -0.2) is 30.1 Å². The maximum atomic E-state index is 10.2. The van der Waals surface area contributed by atoms with Gasteiger partial charge >= 0.3 is 5.97 Å². The molecule has 66 valence electrons. The molecule has 6 heteroatoms. The lowest BCUT2D eigenvalue weighted by molar-refractivity contribution is -0.141. The van der Waals surface area contributed by atoms with Crippen LogP contribution in [0.3, 0.4) is 0 Å². The van der Waals surface area contributed by atoms with Crippen LogP contribution in [0, 0.1) is 0 Å². The minimum Gasteiger partial charge on any atom is -0.480 e. The quantitative estimate of drug-likeness (QED) is 0.518. The van der Waals surface area contributed by atoms with Gasteiger partial charge in [0.15, 0.2) is 0 Å². The summed E-state index contributed by atoms with van der Waals surface area (Å²) in [5, 5.41) is 10.8. The molecule has 0 rings (SSSR count). The van der Waals surface area contributed by atoms with E-state index >= 15 is 0 Å². The Labute approximate surface area is 70.4 Å². The number of amides is 1. The normalized spacial score (nSPS) is 11.4. The number of nitrogens with two attached hydrogens (primary N) is 1. The number of hydrogen-bond acceptors (Lipinski definition) is 3. The first kappa shape index (κ1) is 12.8. The molecule has 0 aliphatic heterocycles. The van der Waals surface area contributed by atoms with Gasteiger partial charge in [-0.05, 0) is 7.05 Å². The van der Waals surface area contributed by atoms with Crippen molar-refractivity contribution < 1.29 is 14.7 Å². The van der Waals surface area contributed by atoms with E-state index in [-0.39, 0.29) is 18.8 Å². The van der Waals surface area contributed by atoms with Gasteiger partial charge in [0.05, 0.1) is 6.42 Å². The van der Waals surface area contributed by atoms with Crippen molar-refractivity contribution in [3.63, 3.8) is 0 Å². The second-order valence-electron chi connectivity index (χ2n) is 1.85. The van der Waals surface area contributed by atoms with Crippen LogP contribution in [0.2, 0.25) is 0 Å². The zero-order valence-electron chi connectivity index (χ0n) is 6.03. The molecular formula is C5H11ClN2O3. The molecule has 5 nitrogen and oxygen atoms in total. The van der Waals surface area contributed by atoms with E-state index in [0.717, 1.165) is 0 Å². The summed E-state index contributed by atoms with van der Waals surface area (Å²) in [6.07, 6.45) is -0.175. The van der Waals surface area contributed by atoms with Crippen molar-refractivity contribution in [3.05, 3.63) is 0 Å². The lowest BCUT2D eigenvalue weighted by atomic mass is 10.2. The van der Waals surface area contributed by atoms with Crippen molar-refractivity contribution in [2.75, 3.05) is 7.05 Å². The van der Waals surface area contributed by atoms with Crippen LogP contribution in [0.25, 0.3) is 0 Å². The summed E-state index contributed by atoms with van der Waals surface area (Å²) in [7, 11) is 1.46. The molecule has 0 aromatic rings. The Morgan fingerprint density at radius 2 is 2.09 bits per heavy atom. The predicted octanol–water partition coefficient (Wildman–Crippen LogP) is -1.04. The molecule has 0 spiro atoms. The van der Waals surface area contributed by atoms with Gasteiger partial charge in [-0.3, -0.25) is 9.59 Å². The highest BCUT2D eigenvalue weighted by Crippen LogP contribution is 1.88. The highest BCUT2D eigenvalue weighted by molar-refractivity contribution is 5.85. The highest BCUT2D eigenvalue weighted by atomic mass is 35.5. The van der Waals surface area contributed by atoms with Gasteiger partial charge in [0.1, 0.15) is 6.04 Å². The monoisotopic (exact) mass is 182 g/mol. The lowest BCUT2D eigenvalue weighted by Gasteiger charge is -2.06. The molecule has 0 fully saturated rings. The standard InChI is InChI=1S/C5H10N2O3.ClH/c1-7-3(5(9)10)2-4(6)8;/h3,7H,2H2,1H3,(H2,6,8)(H,9,10);1H/t3-;/m0./s1. The summed E-state index contributed by atoms with van der Waals surface area (Å²) >= 11 is 0. The Hall–Kier alpha value is -0.810. The summed E-state index contributed by atoms with van der Waals surface area (Å²) in [6.45, 7) is 0. The third-order valence-corrected chi connectivity index (χ3v) is 1.05. The number of rotatable bonds is 4. The molecule has 0 aliphatic carbocycles. The van der Waals surface area contributed by atoms with E-state index in [1.807, 2.05) is 0 Å². The summed E-state index contributed by atoms with van der Waals surface area (Å²) < 4.78 is 0. The number of carboxylic acid groups (broad SMARTS) is 1. The maximum Gasteiger partial charge on any atom is 0.321 e. The van der Waals surface area contributed by atoms with Gasteiger partial charge < -0.3 is 16.2 Å². The van der Waals surface area contributed by atoms with Crippen molar-refractivity contribution in [2.45, 2.75) is 12.5 Å². The van der Waals surface area contributed by atoms with Gasteiger partial charge in [-0.1, -0.05) is 0 Å². The molecule has 0 aliphatic rings. The Morgan fingerprint density at radius 3 is 2.18 bits per heavy atom. The topological polar surface area (TPSA) is 92.4 Å². The number of nitrogens with one attached hydrogen (secondary N) is 1. The Kier molecular flexibility index (Phi) is 6.92. The fourth-order valence-corrected chi connectivity index (χ4v) is 0.514. The van der Waals surface area contributed by atoms with Crippen molar-refractivity contribution in [1.82, 2.24) is 5.32 Å². The first-order chi connectivity index (χ1) is 4.57. The average molecular weight is 183 g/mol. The van der Waals surface area contributed by atoms with Crippen LogP contribution in [0.5, 0.6) is 0 Å². The third-order valence-electron chi connectivity index (χ3n) is 1.05. The molecule has 1 atom stereocenters. The largest absolute Gasteiger partial charge is 0.480 e. The molecule has 0 heterocycles. The smallest absolute Gasteiger partial charge is 0.321 e. The zero-order valence-corrected chi connectivity index (χ0v) is 6.85. The van der Waals surface area contributed by atoms with E-state index in [2.05, 4.69) is 5.32 Å².